The molecule has 0 saturated carbocycles. The van der Waals surface area contributed by atoms with E-state index in [0.29, 0.717) is 28.6 Å². The van der Waals surface area contributed by atoms with Crippen molar-refractivity contribution in [1.29, 1.82) is 0 Å². The Labute approximate surface area is 174 Å². The zero-order chi connectivity index (χ0) is 20.8. The van der Waals surface area contributed by atoms with E-state index in [1.165, 1.54) is 0 Å². The van der Waals surface area contributed by atoms with Crippen LogP contribution in [-0.2, 0) is 6.54 Å². The van der Waals surface area contributed by atoms with Gasteiger partial charge in [-0.15, -0.1) is 0 Å². The van der Waals surface area contributed by atoms with Crippen molar-refractivity contribution in [2.45, 2.75) is 26.4 Å². The van der Waals surface area contributed by atoms with Crippen LogP contribution in [0.5, 0.6) is 0 Å². The summed E-state index contributed by atoms with van der Waals surface area (Å²) in [4.78, 5) is 24.1. The van der Waals surface area contributed by atoms with Gasteiger partial charge in [-0.25, -0.2) is 9.48 Å². The molecule has 0 aliphatic rings. The molecule has 1 heterocycles. The van der Waals surface area contributed by atoms with E-state index in [2.05, 4.69) is 21.0 Å². The van der Waals surface area contributed by atoms with Gasteiger partial charge in [0, 0.05) is 24.5 Å². The molecule has 0 atom stereocenters. The number of amides is 3. The van der Waals surface area contributed by atoms with Gasteiger partial charge < -0.3 is 16.0 Å². The van der Waals surface area contributed by atoms with Crippen LogP contribution in [0.2, 0.25) is 5.02 Å². The molecule has 0 radical (unpaired) electrons. The highest BCUT2D eigenvalue weighted by molar-refractivity contribution is 6.32. The Morgan fingerprint density at radius 3 is 2.48 bits per heavy atom. The number of hydrogen-bond donors (Lipinski definition) is 3. The number of rotatable bonds is 6. The van der Waals surface area contributed by atoms with Gasteiger partial charge in [0.05, 0.1) is 10.7 Å². The molecule has 3 rings (SSSR count). The third-order valence-corrected chi connectivity index (χ3v) is 4.33. The number of nitrogens with zero attached hydrogens (tertiary/aromatic N) is 2. The Morgan fingerprint density at radius 1 is 1.07 bits per heavy atom. The smallest absolute Gasteiger partial charge is 0.319 e. The van der Waals surface area contributed by atoms with E-state index in [-0.39, 0.29) is 18.0 Å². The van der Waals surface area contributed by atoms with Crippen LogP contribution < -0.4 is 16.0 Å². The Morgan fingerprint density at radius 2 is 1.79 bits per heavy atom. The zero-order valence-electron chi connectivity index (χ0n) is 16.1. The van der Waals surface area contributed by atoms with Crippen molar-refractivity contribution < 1.29 is 9.59 Å². The molecule has 29 heavy (non-hydrogen) atoms. The minimum absolute atomic E-state index is 0.0610. The Kier molecular flexibility index (Phi) is 6.51. The number of halogens is 1. The van der Waals surface area contributed by atoms with E-state index in [9.17, 15) is 9.59 Å². The number of hydrogen-bond acceptors (Lipinski definition) is 3. The number of para-hydroxylation sites is 1. The molecule has 2 aromatic carbocycles. The van der Waals surface area contributed by atoms with Crippen LogP contribution in [0.1, 0.15) is 29.9 Å². The van der Waals surface area contributed by atoms with Crippen molar-refractivity contribution in [1.82, 2.24) is 20.4 Å². The van der Waals surface area contributed by atoms with Gasteiger partial charge in [-0.05, 0) is 49.7 Å². The number of urea groups is 1. The monoisotopic (exact) mass is 411 g/mol. The first-order chi connectivity index (χ1) is 13.9. The van der Waals surface area contributed by atoms with E-state index in [1.54, 1.807) is 35.1 Å². The normalized spacial score (nSPS) is 10.6. The molecule has 3 aromatic rings. The highest BCUT2D eigenvalue weighted by Crippen LogP contribution is 2.19. The zero-order valence-corrected chi connectivity index (χ0v) is 16.9. The van der Waals surface area contributed by atoms with Crippen molar-refractivity contribution >= 4 is 29.2 Å². The molecule has 0 aliphatic carbocycles. The Balaban J connectivity index is 1.56. The lowest BCUT2D eigenvalue weighted by Crippen LogP contribution is -2.34. The number of benzene rings is 2. The molecule has 0 aliphatic heterocycles. The fourth-order valence-corrected chi connectivity index (χ4v) is 2.85. The van der Waals surface area contributed by atoms with Crippen LogP contribution in [0.15, 0.2) is 60.8 Å². The lowest BCUT2D eigenvalue weighted by Gasteiger charge is -2.10. The van der Waals surface area contributed by atoms with Crippen molar-refractivity contribution in [2.75, 3.05) is 5.32 Å². The highest BCUT2D eigenvalue weighted by atomic mass is 35.5. The summed E-state index contributed by atoms with van der Waals surface area (Å²) < 4.78 is 1.57. The minimum atomic E-state index is -0.283. The predicted octanol–water partition coefficient (Wildman–Crippen LogP) is 3.99. The number of anilines is 1. The second-order valence-electron chi connectivity index (χ2n) is 6.73. The maximum Gasteiger partial charge on any atom is 0.319 e. The van der Waals surface area contributed by atoms with E-state index in [4.69, 9.17) is 11.6 Å². The Bertz CT molecular complexity index is 998. The third kappa shape index (κ3) is 5.58. The molecule has 0 fully saturated rings. The largest absolute Gasteiger partial charge is 0.347 e. The van der Waals surface area contributed by atoms with E-state index in [0.717, 1.165) is 5.56 Å². The summed E-state index contributed by atoms with van der Waals surface area (Å²) in [5.74, 6) is -0.283. The topological polar surface area (TPSA) is 88.0 Å². The van der Waals surface area contributed by atoms with Crippen LogP contribution in [0.25, 0.3) is 5.69 Å². The number of carbonyl (C=O) groups excluding carboxylic acids is 2. The van der Waals surface area contributed by atoms with E-state index in [1.807, 2.05) is 44.2 Å². The molecule has 1 aromatic heterocycles. The first-order valence-corrected chi connectivity index (χ1v) is 9.55. The van der Waals surface area contributed by atoms with Crippen LogP contribution in [-0.4, -0.2) is 27.8 Å². The molecule has 0 spiro atoms. The van der Waals surface area contributed by atoms with Gasteiger partial charge in [-0.1, -0.05) is 35.9 Å². The quantitative estimate of drug-likeness (QED) is 0.573. The molecular formula is C21H22ClN5O2. The molecule has 8 heteroatoms. The van der Waals surface area contributed by atoms with Gasteiger partial charge in [0.1, 0.15) is 0 Å². The SMILES string of the molecule is CC(C)NC(=O)Nc1ccc(CNC(=O)c2ccn(-c3ccccc3Cl)n2)cc1. The van der Waals surface area contributed by atoms with Gasteiger partial charge in [-0.2, -0.15) is 5.10 Å². The molecular weight excluding hydrogens is 390 g/mol. The van der Waals surface area contributed by atoms with Crippen molar-refractivity contribution in [3.63, 3.8) is 0 Å². The molecule has 150 valence electrons. The lowest BCUT2D eigenvalue weighted by atomic mass is 10.2. The standard InChI is InChI=1S/C21H22ClN5O2/c1-14(2)24-21(29)25-16-9-7-15(8-10-16)13-23-20(28)18-11-12-27(26-18)19-6-4-3-5-17(19)22/h3-12,14H,13H2,1-2H3,(H,23,28)(H2,24,25,29). The van der Waals surface area contributed by atoms with Crippen LogP contribution in [0.3, 0.4) is 0 Å². The second kappa shape index (κ2) is 9.25. The van der Waals surface area contributed by atoms with Crippen LogP contribution in [0, 0.1) is 0 Å². The number of nitrogens with one attached hydrogen (secondary N) is 3. The summed E-state index contributed by atoms with van der Waals surface area (Å²) in [6, 6.07) is 16.0. The third-order valence-electron chi connectivity index (χ3n) is 4.01. The summed E-state index contributed by atoms with van der Waals surface area (Å²) in [6.07, 6.45) is 1.69. The molecule has 0 unspecified atom stereocenters. The van der Waals surface area contributed by atoms with Crippen LogP contribution in [0.4, 0.5) is 10.5 Å². The molecule has 3 N–H and O–H groups in total. The van der Waals surface area contributed by atoms with Gasteiger partial charge in [0.15, 0.2) is 5.69 Å². The van der Waals surface area contributed by atoms with E-state index >= 15 is 0 Å². The average Bonchev–Trinajstić information content (AvgIpc) is 3.17. The molecule has 7 nitrogen and oxygen atoms in total. The van der Waals surface area contributed by atoms with Crippen molar-refractivity contribution in [2.24, 2.45) is 0 Å². The molecule has 3 amide bonds. The van der Waals surface area contributed by atoms with Gasteiger partial charge >= 0.3 is 6.03 Å². The lowest BCUT2D eigenvalue weighted by molar-refractivity contribution is 0.0945. The fourth-order valence-electron chi connectivity index (χ4n) is 2.62. The van der Waals surface area contributed by atoms with Gasteiger partial charge in [-0.3, -0.25) is 4.79 Å². The maximum atomic E-state index is 12.4. The minimum Gasteiger partial charge on any atom is -0.347 e. The summed E-state index contributed by atoms with van der Waals surface area (Å²) in [6.45, 7) is 4.13. The fraction of sp³-hybridized carbons (Fsp3) is 0.190. The number of aromatic nitrogens is 2. The van der Waals surface area contributed by atoms with Crippen molar-refractivity contribution in [3.8, 4) is 5.69 Å². The molecule has 0 saturated heterocycles. The maximum absolute atomic E-state index is 12.4. The highest BCUT2D eigenvalue weighted by Gasteiger charge is 2.11. The first-order valence-electron chi connectivity index (χ1n) is 9.17. The second-order valence-corrected chi connectivity index (χ2v) is 7.14. The average molecular weight is 412 g/mol. The van der Waals surface area contributed by atoms with E-state index < -0.39 is 0 Å². The van der Waals surface area contributed by atoms with Gasteiger partial charge in [0.2, 0.25) is 0 Å². The summed E-state index contributed by atoms with van der Waals surface area (Å²) in [5.41, 5.74) is 2.58. The first kappa shape index (κ1) is 20.4. The molecule has 0 bridgehead atoms. The Hall–Kier alpha value is -3.32. The summed E-state index contributed by atoms with van der Waals surface area (Å²) in [5, 5.41) is 13.2. The number of carbonyl (C=O) groups is 2. The summed E-state index contributed by atoms with van der Waals surface area (Å²) >= 11 is 6.17. The van der Waals surface area contributed by atoms with Crippen molar-refractivity contribution in [3.05, 3.63) is 77.1 Å². The van der Waals surface area contributed by atoms with Gasteiger partial charge in [0.25, 0.3) is 5.91 Å². The predicted molar refractivity (Wildman–Crippen MR) is 113 cm³/mol. The van der Waals surface area contributed by atoms with Crippen LogP contribution >= 0.6 is 11.6 Å². The summed E-state index contributed by atoms with van der Waals surface area (Å²) in [7, 11) is 0.